The van der Waals surface area contributed by atoms with Crippen molar-refractivity contribution in [1.29, 1.82) is 0 Å². The van der Waals surface area contributed by atoms with Gasteiger partial charge in [0.15, 0.2) is 0 Å². The highest BCUT2D eigenvalue weighted by molar-refractivity contribution is 7.25. The van der Waals surface area contributed by atoms with Gasteiger partial charge >= 0.3 is 0 Å². The Balaban J connectivity index is 1.27. The van der Waals surface area contributed by atoms with Crippen molar-refractivity contribution in [2.24, 2.45) is 10.9 Å². The number of nitrogens with zero attached hydrogens (tertiary/aromatic N) is 2. The molecule has 2 heterocycles. The van der Waals surface area contributed by atoms with Crippen LogP contribution in [0.2, 0.25) is 0 Å². The molecule has 0 N–H and O–H groups in total. The number of benzene rings is 4. The van der Waals surface area contributed by atoms with Crippen molar-refractivity contribution >= 4 is 72.0 Å². The van der Waals surface area contributed by atoms with E-state index < -0.39 is 0 Å². The predicted molar refractivity (Wildman–Crippen MR) is 238 cm³/mol. The maximum atomic E-state index is 6.43. The minimum Gasteiger partial charge on any atom is -0.349 e. The van der Waals surface area contributed by atoms with Crippen LogP contribution < -0.4 is 0 Å². The Hall–Kier alpha value is -5.47. The largest absolute Gasteiger partial charge is 0.349 e. The Morgan fingerprint density at radius 3 is 2.52 bits per heavy atom. The van der Waals surface area contributed by atoms with Gasteiger partial charge in [-0.3, -0.25) is 4.99 Å². The van der Waals surface area contributed by atoms with E-state index in [2.05, 4.69) is 166 Å². The molecule has 2 aromatic heterocycles. The molecule has 54 heavy (non-hydrogen) atoms. The van der Waals surface area contributed by atoms with Crippen molar-refractivity contribution in [2.75, 3.05) is 7.05 Å². The van der Waals surface area contributed by atoms with E-state index in [1.165, 1.54) is 46.6 Å². The summed E-state index contributed by atoms with van der Waals surface area (Å²) in [4.78, 5) is 10.2. The van der Waals surface area contributed by atoms with Gasteiger partial charge in [0.1, 0.15) is 6.17 Å². The molecule has 0 aliphatic heterocycles. The van der Waals surface area contributed by atoms with E-state index in [0.717, 1.165) is 64.1 Å². The van der Waals surface area contributed by atoms with Crippen molar-refractivity contribution in [3.8, 4) is 23.5 Å². The molecule has 2 nitrogen and oxygen atoms in total. The summed E-state index contributed by atoms with van der Waals surface area (Å²) in [5, 5.41) is 2.56. The Morgan fingerprint density at radius 2 is 1.72 bits per heavy atom. The molecule has 0 radical (unpaired) electrons. The Kier molecular flexibility index (Phi) is 9.95. The average Bonchev–Trinajstić information content (AvgIpc) is 3.74. The van der Waals surface area contributed by atoms with Crippen molar-refractivity contribution in [2.45, 2.75) is 46.2 Å². The van der Waals surface area contributed by atoms with Gasteiger partial charge in [-0.1, -0.05) is 98.3 Å². The first-order chi connectivity index (χ1) is 26.3. The quantitative estimate of drug-likeness (QED) is 0.107. The summed E-state index contributed by atoms with van der Waals surface area (Å²) in [6, 6.07) is 32.8. The normalized spacial score (nSPS) is 16.3. The van der Waals surface area contributed by atoms with E-state index in [1.54, 1.807) is 0 Å². The lowest BCUT2D eigenvalue weighted by atomic mass is 9.90. The smallest absolute Gasteiger partial charge is 0.147 e. The van der Waals surface area contributed by atoms with E-state index in [4.69, 9.17) is 18.0 Å². The van der Waals surface area contributed by atoms with Crippen LogP contribution in [0.25, 0.3) is 54.7 Å². The van der Waals surface area contributed by atoms with Crippen LogP contribution in [0, 0.1) is 25.2 Å². The average molecular weight is 737 g/mol. The number of aliphatic imine (C=N–C) groups is 1. The fourth-order valence-electron chi connectivity index (χ4n) is 7.71. The summed E-state index contributed by atoms with van der Waals surface area (Å²) < 4.78 is 2.58. The van der Waals surface area contributed by atoms with Crippen LogP contribution in [0.4, 0.5) is 0 Å². The zero-order valence-corrected chi connectivity index (χ0v) is 33.0. The zero-order chi connectivity index (χ0) is 37.3. The number of terminal acetylenes is 1. The molecule has 4 heteroatoms. The molecular formula is C50H44N2S2. The van der Waals surface area contributed by atoms with Crippen molar-refractivity contribution in [3.63, 3.8) is 0 Å². The Labute approximate surface area is 327 Å². The second kappa shape index (κ2) is 15.1. The SMILES string of the molecule is C#C/C(=C\c1c(C)sc2c1CC(C)C=C2)c1cc(C(=C)N(C)C(N=C(C)C2=CC=CCC2)c2ccccc2)cc(-c2ccc3sc4ccccc4c3c2)c1. The summed E-state index contributed by atoms with van der Waals surface area (Å²) in [6.07, 6.45) is 22.6. The fourth-order valence-corrected chi connectivity index (χ4v) is 9.88. The molecule has 0 amide bonds. The summed E-state index contributed by atoms with van der Waals surface area (Å²) in [5.41, 5.74) is 12.1. The molecule has 2 unspecified atom stereocenters. The molecule has 0 saturated carbocycles. The van der Waals surface area contributed by atoms with Gasteiger partial charge < -0.3 is 4.90 Å². The van der Waals surface area contributed by atoms with Crippen LogP contribution in [-0.4, -0.2) is 17.7 Å². The standard InChI is InChI=1S/C50H44N2S2/c1-7-36(30-44-35(5)53-48-24-22-32(2)26-45(44)48)41-27-40(28-42(29-41)39-23-25-49-46(31-39)43-20-14-15-21-47(43)54-49)34(4)52(6)50(38-18-12-9-13-19-38)51-33(3)37-16-10-8-11-17-37/h1,8-10,12-16,18-25,27-32,50H,4,11,17,26H2,2-3,5-6H3/b36-30+,51-33?. The molecule has 2 aliphatic rings. The maximum absolute atomic E-state index is 6.43. The van der Waals surface area contributed by atoms with Crippen LogP contribution >= 0.6 is 22.7 Å². The van der Waals surface area contributed by atoms with E-state index in [9.17, 15) is 0 Å². The molecule has 2 atom stereocenters. The van der Waals surface area contributed by atoms with Gasteiger partial charge in [0.2, 0.25) is 0 Å². The highest BCUT2D eigenvalue weighted by Gasteiger charge is 2.22. The van der Waals surface area contributed by atoms with Crippen LogP contribution in [-0.2, 0) is 6.42 Å². The molecule has 0 fully saturated rings. The third-order valence-corrected chi connectivity index (χ3v) is 13.1. The minimum atomic E-state index is -0.260. The summed E-state index contributed by atoms with van der Waals surface area (Å²) >= 11 is 3.70. The van der Waals surface area contributed by atoms with Crippen molar-refractivity contribution in [3.05, 3.63) is 165 Å². The van der Waals surface area contributed by atoms with E-state index in [0.29, 0.717) is 5.92 Å². The monoisotopic (exact) mass is 736 g/mol. The van der Waals surface area contributed by atoms with Gasteiger partial charge in [-0.2, -0.15) is 0 Å². The number of hydrogen-bond acceptors (Lipinski definition) is 4. The molecule has 0 saturated heterocycles. The lowest BCUT2D eigenvalue weighted by Crippen LogP contribution is -2.23. The third kappa shape index (κ3) is 6.98. The second-order valence-electron chi connectivity index (χ2n) is 14.5. The van der Waals surface area contributed by atoms with Crippen molar-refractivity contribution < 1.29 is 0 Å². The van der Waals surface area contributed by atoms with Gasteiger partial charge in [-0.05, 0) is 132 Å². The van der Waals surface area contributed by atoms with Gasteiger partial charge in [0.05, 0.1) is 0 Å². The molecule has 8 rings (SSSR count). The molecule has 266 valence electrons. The lowest BCUT2D eigenvalue weighted by molar-refractivity contribution is 0.368. The highest BCUT2D eigenvalue weighted by atomic mass is 32.1. The Bertz CT molecular complexity index is 2610. The molecule has 2 aliphatic carbocycles. The van der Waals surface area contributed by atoms with Crippen molar-refractivity contribution in [1.82, 2.24) is 4.90 Å². The van der Waals surface area contributed by atoms with Crippen LogP contribution in [0.3, 0.4) is 0 Å². The Morgan fingerprint density at radius 1 is 0.944 bits per heavy atom. The first kappa shape index (κ1) is 35.6. The number of fused-ring (bicyclic) bond motifs is 4. The predicted octanol–water partition coefficient (Wildman–Crippen LogP) is 13.8. The summed E-state index contributed by atoms with van der Waals surface area (Å²) in [5.74, 6) is 3.61. The maximum Gasteiger partial charge on any atom is 0.147 e. The highest BCUT2D eigenvalue weighted by Crippen LogP contribution is 2.40. The topological polar surface area (TPSA) is 15.6 Å². The molecule has 0 bridgehead atoms. The van der Waals surface area contributed by atoms with Gasteiger partial charge in [0.25, 0.3) is 0 Å². The summed E-state index contributed by atoms with van der Waals surface area (Å²) in [6.45, 7) is 11.4. The third-order valence-electron chi connectivity index (χ3n) is 10.8. The molecule has 0 spiro atoms. The lowest BCUT2D eigenvalue weighted by Gasteiger charge is -2.30. The minimum absolute atomic E-state index is 0.260. The first-order valence-corrected chi connectivity index (χ1v) is 20.3. The van der Waals surface area contributed by atoms with Crippen LogP contribution in [0.15, 0.2) is 132 Å². The first-order valence-electron chi connectivity index (χ1n) is 18.7. The molecular weight excluding hydrogens is 693 g/mol. The van der Waals surface area contributed by atoms with Gasteiger partial charge in [-0.15, -0.1) is 29.1 Å². The zero-order valence-electron chi connectivity index (χ0n) is 31.4. The summed E-state index contributed by atoms with van der Waals surface area (Å²) in [7, 11) is 2.11. The number of hydrogen-bond donors (Lipinski definition) is 0. The molecule has 6 aromatic rings. The van der Waals surface area contributed by atoms with E-state index >= 15 is 0 Å². The van der Waals surface area contributed by atoms with Crippen LogP contribution in [0.5, 0.6) is 0 Å². The fraction of sp³-hybridized carbons (Fsp3) is 0.180. The van der Waals surface area contributed by atoms with Crippen LogP contribution in [0.1, 0.15) is 70.4 Å². The van der Waals surface area contributed by atoms with E-state index in [-0.39, 0.29) is 6.17 Å². The number of rotatable bonds is 9. The van der Waals surface area contributed by atoms with E-state index in [1.807, 2.05) is 22.7 Å². The number of aryl methyl sites for hydroxylation is 1. The second-order valence-corrected chi connectivity index (χ2v) is 16.8. The van der Waals surface area contributed by atoms with Gasteiger partial charge in [0, 0.05) is 54.0 Å². The number of allylic oxidation sites excluding steroid dienone is 6. The number of thiophene rings is 2. The van der Waals surface area contributed by atoms with Gasteiger partial charge in [-0.25, -0.2) is 0 Å². The molecule has 4 aromatic carbocycles.